The number of nitrogens with zero attached hydrogens (tertiary/aromatic N) is 2. The van der Waals surface area contributed by atoms with Crippen LogP contribution in [0.3, 0.4) is 0 Å². The van der Waals surface area contributed by atoms with E-state index in [4.69, 9.17) is 0 Å². The van der Waals surface area contributed by atoms with Crippen LogP contribution in [0.1, 0.15) is 49.7 Å². The minimum Gasteiger partial charge on any atom is -0.371 e. The second-order valence-electron chi connectivity index (χ2n) is 6.88. The van der Waals surface area contributed by atoms with Gasteiger partial charge in [-0.2, -0.15) is 0 Å². The summed E-state index contributed by atoms with van der Waals surface area (Å²) < 4.78 is 0. The maximum absolute atomic E-state index is 11.1. The minimum absolute atomic E-state index is 0.266. The predicted octanol–water partition coefficient (Wildman–Crippen LogP) is 4.37. The van der Waals surface area contributed by atoms with Crippen LogP contribution in [0, 0.1) is 29.4 Å². The van der Waals surface area contributed by atoms with Gasteiger partial charge in [0.1, 0.15) is 0 Å². The van der Waals surface area contributed by atoms with Crippen LogP contribution >= 0.6 is 0 Å². The van der Waals surface area contributed by atoms with E-state index in [1.54, 1.807) is 0 Å². The van der Waals surface area contributed by atoms with E-state index in [0.29, 0.717) is 5.41 Å². The average Bonchev–Trinajstić information content (AvgIpc) is 2.86. The monoisotopic (exact) mass is 288 g/mol. The Balaban J connectivity index is 1.78. The van der Waals surface area contributed by atoms with Gasteiger partial charge in [0.05, 0.1) is 4.92 Å². The Labute approximate surface area is 126 Å². The Bertz CT molecular complexity index is 529. The van der Waals surface area contributed by atoms with Gasteiger partial charge < -0.3 is 4.90 Å². The van der Waals surface area contributed by atoms with Crippen LogP contribution in [0.2, 0.25) is 0 Å². The van der Waals surface area contributed by atoms with Crippen molar-refractivity contribution in [1.82, 2.24) is 0 Å². The Morgan fingerprint density at radius 3 is 2.05 bits per heavy atom. The summed E-state index contributed by atoms with van der Waals surface area (Å²) in [6.45, 7) is 5.88. The molecule has 4 nitrogen and oxygen atoms in total. The van der Waals surface area contributed by atoms with E-state index in [9.17, 15) is 10.1 Å². The number of hydrogen-bond donors (Lipinski definition) is 0. The van der Waals surface area contributed by atoms with E-state index in [-0.39, 0.29) is 10.6 Å². The van der Waals surface area contributed by atoms with E-state index in [2.05, 4.69) is 4.90 Å². The molecule has 114 valence electrons. The van der Waals surface area contributed by atoms with Gasteiger partial charge in [0.2, 0.25) is 0 Å². The third-order valence-corrected chi connectivity index (χ3v) is 5.51. The molecule has 4 heteroatoms. The lowest BCUT2D eigenvalue weighted by Crippen LogP contribution is -2.38. The third-order valence-electron chi connectivity index (χ3n) is 5.51. The van der Waals surface area contributed by atoms with Crippen LogP contribution in [0.4, 0.5) is 11.4 Å². The number of aryl methyl sites for hydroxylation is 2. The fourth-order valence-electron chi connectivity index (χ4n) is 4.27. The van der Waals surface area contributed by atoms with Crippen molar-refractivity contribution in [2.75, 3.05) is 18.0 Å². The lowest BCUT2D eigenvalue weighted by molar-refractivity contribution is -0.386. The topological polar surface area (TPSA) is 46.4 Å². The highest BCUT2D eigenvalue weighted by molar-refractivity contribution is 5.59. The zero-order chi connectivity index (χ0) is 15.0. The SMILES string of the molecule is Cc1cc(N2CCC3(CCCC3)CC2)cc(C)c1[N+](=O)[O-]. The molecule has 21 heavy (non-hydrogen) atoms. The Morgan fingerprint density at radius 2 is 1.57 bits per heavy atom. The number of benzene rings is 1. The molecule has 1 aliphatic heterocycles. The zero-order valence-corrected chi connectivity index (χ0v) is 13.0. The molecule has 3 rings (SSSR count). The molecule has 1 heterocycles. The van der Waals surface area contributed by atoms with Crippen molar-refractivity contribution < 1.29 is 4.92 Å². The van der Waals surface area contributed by atoms with Crippen LogP contribution in [0.5, 0.6) is 0 Å². The normalized spacial score (nSPS) is 21.0. The van der Waals surface area contributed by atoms with Crippen molar-refractivity contribution in [3.8, 4) is 0 Å². The summed E-state index contributed by atoms with van der Waals surface area (Å²) in [4.78, 5) is 13.2. The molecular formula is C17H24N2O2. The van der Waals surface area contributed by atoms with Gasteiger partial charge in [0, 0.05) is 29.9 Å². The number of anilines is 1. The quantitative estimate of drug-likeness (QED) is 0.599. The first-order chi connectivity index (χ1) is 10.0. The van der Waals surface area contributed by atoms with E-state index in [1.165, 1.54) is 38.5 Å². The molecule has 0 radical (unpaired) electrons. The van der Waals surface area contributed by atoms with Gasteiger partial charge in [-0.15, -0.1) is 0 Å². The molecule has 0 amide bonds. The van der Waals surface area contributed by atoms with Crippen LogP contribution < -0.4 is 4.90 Å². The number of rotatable bonds is 2. The van der Waals surface area contributed by atoms with Crippen molar-refractivity contribution in [3.63, 3.8) is 0 Å². The summed E-state index contributed by atoms with van der Waals surface area (Å²) in [7, 11) is 0. The lowest BCUT2D eigenvalue weighted by Gasteiger charge is -2.40. The summed E-state index contributed by atoms with van der Waals surface area (Å²) in [6.07, 6.45) is 8.16. The molecule has 2 fully saturated rings. The standard InChI is InChI=1S/C17H24N2O2/c1-13-11-15(12-14(2)16(13)19(20)21)18-9-7-17(8-10-18)5-3-4-6-17/h11-12H,3-10H2,1-2H3. The fourth-order valence-corrected chi connectivity index (χ4v) is 4.27. The summed E-state index contributed by atoms with van der Waals surface area (Å²) in [5.74, 6) is 0. The molecule has 1 aromatic carbocycles. The highest BCUT2D eigenvalue weighted by Gasteiger charge is 2.37. The van der Waals surface area contributed by atoms with Crippen molar-refractivity contribution >= 4 is 11.4 Å². The number of hydrogen-bond acceptors (Lipinski definition) is 3. The van der Waals surface area contributed by atoms with E-state index in [1.807, 2.05) is 26.0 Å². The van der Waals surface area contributed by atoms with Crippen LogP contribution in [-0.4, -0.2) is 18.0 Å². The van der Waals surface area contributed by atoms with Gasteiger partial charge in [0.15, 0.2) is 0 Å². The molecule has 1 aliphatic carbocycles. The van der Waals surface area contributed by atoms with Gasteiger partial charge in [-0.05, 0) is 57.1 Å². The van der Waals surface area contributed by atoms with Crippen LogP contribution in [-0.2, 0) is 0 Å². The van der Waals surface area contributed by atoms with Crippen molar-refractivity contribution in [3.05, 3.63) is 33.4 Å². The third kappa shape index (κ3) is 2.63. The Hall–Kier alpha value is -1.58. The molecule has 0 bridgehead atoms. The molecule has 0 atom stereocenters. The zero-order valence-electron chi connectivity index (χ0n) is 13.0. The van der Waals surface area contributed by atoms with Crippen molar-refractivity contribution in [2.45, 2.75) is 52.4 Å². The Kier molecular flexibility index (Phi) is 3.64. The smallest absolute Gasteiger partial charge is 0.275 e. The van der Waals surface area contributed by atoms with Crippen molar-refractivity contribution in [1.29, 1.82) is 0 Å². The van der Waals surface area contributed by atoms with Crippen LogP contribution in [0.25, 0.3) is 0 Å². The first-order valence-electron chi connectivity index (χ1n) is 8.01. The minimum atomic E-state index is -0.266. The van der Waals surface area contributed by atoms with Gasteiger partial charge in [-0.1, -0.05) is 12.8 Å². The maximum Gasteiger partial charge on any atom is 0.275 e. The fraction of sp³-hybridized carbons (Fsp3) is 0.647. The van der Waals surface area contributed by atoms with Gasteiger partial charge >= 0.3 is 0 Å². The number of nitro benzene ring substituents is 1. The summed E-state index contributed by atoms with van der Waals surface area (Å²) in [5.41, 5.74) is 3.58. The van der Waals surface area contributed by atoms with Gasteiger partial charge in [0.25, 0.3) is 5.69 Å². The predicted molar refractivity (Wildman–Crippen MR) is 84.9 cm³/mol. The Morgan fingerprint density at radius 1 is 1.05 bits per heavy atom. The second kappa shape index (κ2) is 5.32. The first-order valence-corrected chi connectivity index (χ1v) is 8.01. The molecule has 0 N–H and O–H groups in total. The number of nitro groups is 1. The van der Waals surface area contributed by atoms with Crippen LogP contribution in [0.15, 0.2) is 12.1 Å². The summed E-state index contributed by atoms with van der Waals surface area (Å²) in [5, 5.41) is 11.1. The lowest BCUT2D eigenvalue weighted by atomic mass is 9.77. The highest BCUT2D eigenvalue weighted by atomic mass is 16.6. The summed E-state index contributed by atoms with van der Waals surface area (Å²) in [6, 6.07) is 3.97. The summed E-state index contributed by atoms with van der Waals surface area (Å²) >= 11 is 0. The average molecular weight is 288 g/mol. The molecule has 1 spiro atoms. The molecular weight excluding hydrogens is 264 g/mol. The second-order valence-corrected chi connectivity index (χ2v) is 6.88. The van der Waals surface area contributed by atoms with E-state index in [0.717, 1.165) is 29.9 Å². The van der Waals surface area contributed by atoms with Gasteiger partial charge in [-0.25, -0.2) is 0 Å². The highest BCUT2D eigenvalue weighted by Crippen LogP contribution is 2.46. The molecule has 1 saturated heterocycles. The molecule has 2 aliphatic rings. The maximum atomic E-state index is 11.1. The number of piperidine rings is 1. The molecule has 0 unspecified atom stereocenters. The molecule has 1 saturated carbocycles. The first kappa shape index (κ1) is 14.4. The van der Waals surface area contributed by atoms with E-state index >= 15 is 0 Å². The van der Waals surface area contributed by atoms with E-state index < -0.39 is 0 Å². The van der Waals surface area contributed by atoms with Crippen molar-refractivity contribution in [2.24, 2.45) is 5.41 Å². The largest absolute Gasteiger partial charge is 0.371 e. The molecule has 0 aromatic heterocycles. The van der Waals surface area contributed by atoms with Gasteiger partial charge in [-0.3, -0.25) is 10.1 Å². The molecule has 1 aromatic rings.